The summed E-state index contributed by atoms with van der Waals surface area (Å²) in [5, 5.41) is 0.613. The van der Waals surface area contributed by atoms with Gasteiger partial charge in [0.25, 0.3) is 0 Å². The second kappa shape index (κ2) is 6.24. The number of thioether (sulfide) groups is 1. The smallest absolute Gasteiger partial charge is 0.373 e. The fourth-order valence-corrected chi connectivity index (χ4v) is 2.80. The van der Waals surface area contributed by atoms with Crippen LogP contribution in [0.25, 0.3) is 0 Å². The summed E-state index contributed by atoms with van der Waals surface area (Å²) in [6.07, 6.45) is 0. The zero-order valence-corrected chi connectivity index (χ0v) is 12.6. The van der Waals surface area contributed by atoms with Crippen molar-refractivity contribution in [2.24, 2.45) is 0 Å². The van der Waals surface area contributed by atoms with Crippen LogP contribution >= 0.6 is 23.4 Å². The van der Waals surface area contributed by atoms with Crippen LogP contribution in [0.4, 0.5) is 5.69 Å². The Bertz CT molecular complexity index is 627. The molecule has 2 N–H and O–H groups in total. The van der Waals surface area contributed by atoms with Crippen LogP contribution < -0.4 is 5.73 Å². The summed E-state index contributed by atoms with van der Waals surface area (Å²) in [6, 6.07) is 8.72. The van der Waals surface area contributed by atoms with Crippen LogP contribution in [0.5, 0.6) is 0 Å². The third-order valence-corrected chi connectivity index (χ3v) is 4.14. The molecule has 0 radical (unpaired) electrons. The average Bonchev–Trinajstić information content (AvgIpc) is 2.90. The van der Waals surface area contributed by atoms with Gasteiger partial charge in [-0.2, -0.15) is 0 Å². The lowest BCUT2D eigenvalue weighted by molar-refractivity contribution is 0.0563. The first kappa shape index (κ1) is 14.8. The highest BCUT2D eigenvalue weighted by Gasteiger charge is 2.17. The van der Waals surface area contributed by atoms with Crippen molar-refractivity contribution in [1.82, 2.24) is 0 Å². The topological polar surface area (TPSA) is 65.5 Å². The molecule has 106 valence electrons. The van der Waals surface area contributed by atoms with Crippen LogP contribution in [0.15, 0.2) is 39.6 Å². The Kier molecular flexibility index (Phi) is 4.62. The quantitative estimate of drug-likeness (QED) is 0.522. The van der Waals surface area contributed by atoms with E-state index in [1.54, 1.807) is 24.3 Å². The number of methoxy groups -OCH3 is 1. The number of hydrogen-bond donors (Lipinski definition) is 1. The summed E-state index contributed by atoms with van der Waals surface area (Å²) < 4.78 is 10.1. The van der Waals surface area contributed by atoms with Gasteiger partial charge in [-0.25, -0.2) is 4.79 Å². The number of furan rings is 1. The summed E-state index contributed by atoms with van der Waals surface area (Å²) in [4.78, 5) is 12.3. The molecule has 1 aromatic carbocycles. The van der Waals surface area contributed by atoms with Crippen molar-refractivity contribution in [2.45, 2.75) is 17.1 Å². The lowest BCUT2D eigenvalue weighted by Gasteiger charge is -2.10. The minimum Gasteiger partial charge on any atom is -0.463 e. The standard InChI is InChI=1S/C14H14ClNO3S/c1-8(11-4-5-12(19-11)14(17)18-2)20-13-6-3-9(15)7-10(13)16/h3-8H,16H2,1-2H3. The first-order valence-electron chi connectivity index (χ1n) is 5.91. The van der Waals surface area contributed by atoms with Crippen LogP contribution in [0.3, 0.4) is 0 Å². The normalized spacial score (nSPS) is 12.2. The number of nitrogen functional groups attached to an aromatic ring is 1. The molecule has 1 heterocycles. The SMILES string of the molecule is COC(=O)c1ccc(C(C)Sc2ccc(Cl)cc2N)o1. The highest BCUT2D eigenvalue weighted by Crippen LogP contribution is 2.39. The predicted octanol–water partition coefficient (Wildman–Crippen LogP) is 4.16. The van der Waals surface area contributed by atoms with Crippen LogP contribution in [0, 0.1) is 0 Å². The number of carbonyl (C=O) groups excluding carboxylic acids is 1. The number of halogens is 1. The van der Waals surface area contributed by atoms with Gasteiger partial charge in [-0.3, -0.25) is 0 Å². The minimum absolute atomic E-state index is 0.0110. The molecule has 2 rings (SSSR count). The number of carbonyl (C=O) groups is 1. The first-order valence-corrected chi connectivity index (χ1v) is 7.16. The Balaban J connectivity index is 2.13. The zero-order chi connectivity index (χ0) is 14.7. The summed E-state index contributed by atoms with van der Waals surface area (Å²) in [5.74, 6) is 0.392. The third kappa shape index (κ3) is 3.29. The number of anilines is 1. The van der Waals surface area contributed by atoms with E-state index in [1.165, 1.54) is 18.9 Å². The van der Waals surface area contributed by atoms with Crippen molar-refractivity contribution < 1.29 is 13.9 Å². The molecule has 1 atom stereocenters. The molecule has 4 nitrogen and oxygen atoms in total. The molecule has 0 saturated heterocycles. The lowest BCUT2D eigenvalue weighted by atomic mass is 10.3. The van der Waals surface area contributed by atoms with Gasteiger partial charge in [-0.15, -0.1) is 11.8 Å². The van der Waals surface area contributed by atoms with E-state index in [4.69, 9.17) is 21.8 Å². The lowest BCUT2D eigenvalue weighted by Crippen LogP contribution is -1.98. The second-order valence-corrected chi connectivity index (χ2v) is 5.95. The van der Waals surface area contributed by atoms with Gasteiger partial charge in [0.15, 0.2) is 0 Å². The summed E-state index contributed by atoms with van der Waals surface area (Å²) in [5.41, 5.74) is 6.53. The molecular weight excluding hydrogens is 298 g/mol. The van der Waals surface area contributed by atoms with Crippen molar-refractivity contribution in [3.8, 4) is 0 Å². The van der Waals surface area contributed by atoms with E-state index in [9.17, 15) is 4.79 Å². The molecule has 6 heteroatoms. The monoisotopic (exact) mass is 311 g/mol. The minimum atomic E-state index is -0.487. The molecule has 0 amide bonds. The van der Waals surface area contributed by atoms with Gasteiger partial charge in [0.1, 0.15) is 5.76 Å². The van der Waals surface area contributed by atoms with Crippen LogP contribution in [-0.2, 0) is 4.74 Å². The van der Waals surface area contributed by atoms with Crippen molar-refractivity contribution in [1.29, 1.82) is 0 Å². The number of rotatable bonds is 4. The molecule has 0 aliphatic heterocycles. The van der Waals surface area contributed by atoms with Gasteiger partial charge in [-0.1, -0.05) is 11.6 Å². The van der Waals surface area contributed by atoms with Gasteiger partial charge in [-0.05, 0) is 37.3 Å². The van der Waals surface area contributed by atoms with Gasteiger partial charge in [0.05, 0.1) is 12.4 Å². The predicted molar refractivity (Wildman–Crippen MR) is 80.2 cm³/mol. The number of hydrogen-bond acceptors (Lipinski definition) is 5. The Morgan fingerprint density at radius 2 is 2.15 bits per heavy atom. The Morgan fingerprint density at radius 1 is 1.40 bits per heavy atom. The molecule has 2 aromatic rings. The summed E-state index contributed by atoms with van der Waals surface area (Å²) in [7, 11) is 1.32. The number of esters is 1. The molecule has 0 spiro atoms. The molecule has 0 saturated carbocycles. The highest BCUT2D eigenvalue weighted by atomic mass is 35.5. The summed E-state index contributed by atoms with van der Waals surface area (Å²) in [6.45, 7) is 1.97. The van der Waals surface area contributed by atoms with E-state index in [-0.39, 0.29) is 11.0 Å². The first-order chi connectivity index (χ1) is 9.51. The Morgan fingerprint density at radius 3 is 2.80 bits per heavy atom. The maximum atomic E-state index is 11.3. The largest absolute Gasteiger partial charge is 0.463 e. The van der Waals surface area contributed by atoms with E-state index in [2.05, 4.69) is 4.74 Å². The van der Waals surface area contributed by atoms with Gasteiger partial charge >= 0.3 is 5.97 Å². The number of ether oxygens (including phenoxy) is 1. The fraction of sp³-hybridized carbons (Fsp3) is 0.214. The van der Waals surface area contributed by atoms with Gasteiger partial charge in [0.2, 0.25) is 5.76 Å². The Hall–Kier alpha value is -1.59. The zero-order valence-electron chi connectivity index (χ0n) is 11.1. The maximum absolute atomic E-state index is 11.3. The second-order valence-electron chi connectivity index (χ2n) is 4.14. The molecule has 1 unspecified atom stereocenters. The molecule has 0 aliphatic carbocycles. The van der Waals surface area contributed by atoms with Gasteiger partial charge in [0, 0.05) is 15.6 Å². The fourth-order valence-electron chi connectivity index (χ4n) is 1.66. The van der Waals surface area contributed by atoms with Crippen molar-refractivity contribution >= 4 is 35.0 Å². The molecule has 20 heavy (non-hydrogen) atoms. The van der Waals surface area contributed by atoms with E-state index in [1.807, 2.05) is 13.0 Å². The molecule has 0 aliphatic rings. The number of nitrogens with two attached hydrogens (primary N) is 1. The van der Waals surface area contributed by atoms with Gasteiger partial charge < -0.3 is 14.9 Å². The van der Waals surface area contributed by atoms with Crippen molar-refractivity contribution in [3.63, 3.8) is 0 Å². The molecular formula is C14H14ClNO3S. The van der Waals surface area contributed by atoms with E-state index in [0.717, 1.165) is 4.90 Å². The molecule has 1 aromatic heterocycles. The summed E-state index contributed by atoms with van der Waals surface area (Å²) >= 11 is 7.40. The van der Waals surface area contributed by atoms with Crippen LogP contribution in [0.2, 0.25) is 5.02 Å². The van der Waals surface area contributed by atoms with E-state index in [0.29, 0.717) is 16.5 Å². The average molecular weight is 312 g/mol. The maximum Gasteiger partial charge on any atom is 0.373 e. The molecule has 0 fully saturated rings. The third-order valence-electron chi connectivity index (χ3n) is 2.69. The number of benzene rings is 1. The highest BCUT2D eigenvalue weighted by molar-refractivity contribution is 7.99. The van der Waals surface area contributed by atoms with Crippen molar-refractivity contribution in [3.05, 3.63) is 46.9 Å². The van der Waals surface area contributed by atoms with Crippen molar-refractivity contribution in [2.75, 3.05) is 12.8 Å². The van der Waals surface area contributed by atoms with Crippen LogP contribution in [-0.4, -0.2) is 13.1 Å². The van der Waals surface area contributed by atoms with E-state index >= 15 is 0 Å². The Labute approximate surface area is 126 Å². The van der Waals surface area contributed by atoms with E-state index < -0.39 is 5.97 Å². The van der Waals surface area contributed by atoms with Crippen LogP contribution in [0.1, 0.15) is 28.5 Å². The molecule has 0 bridgehead atoms.